The first-order valence-electron chi connectivity index (χ1n) is 8.68. The minimum atomic E-state index is 0.712. The van der Waals surface area contributed by atoms with E-state index in [0.717, 1.165) is 47.9 Å². The number of aryl methyl sites for hydroxylation is 1. The van der Waals surface area contributed by atoms with Crippen LogP contribution < -0.4 is 19.7 Å². The van der Waals surface area contributed by atoms with Crippen LogP contribution in [-0.4, -0.2) is 37.3 Å². The molecule has 0 radical (unpaired) electrons. The first kappa shape index (κ1) is 17.3. The fourth-order valence-corrected chi connectivity index (χ4v) is 3.01. The standard InChI is InChI=1S/C19H26N4O2/c1-13-7-9-23(10-8-13)19-20-14(2)11-18(22-19)21-16-6-5-15(24-3)12-17(16)25-4/h5-6,11-13H,7-10H2,1-4H3,(H,20,21,22). The first-order chi connectivity index (χ1) is 12.1. The number of rotatable bonds is 5. The summed E-state index contributed by atoms with van der Waals surface area (Å²) in [5.41, 5.74) is 1.79. The summed E-state index contributed by atoms with van der Waals surface area (Å²) in [6, 6.07) is 7.62. The van der Waals surface area contributed by atoms with Crippen LogP contribution in [0.1, 0.15) is 25.5 Å². The Hall–Kier alpha value is -2.50. The van der Waals surface area contributed by atoms with Gasteiger partial charge in [-0.3, -0.25) is 0 Å². The van der Waals surface area contributed by atoms with Gasteiger partial charge in [0.1, 0.15) is 17.3 Å². The predicted molar refractivity (Wildman–Crippen MR) is 100 cm³/mol. The Bertz CT molecular complexity index is 727. The zero-order chi connectivity index (χ0) is 17.8. The van der Waals surface area contributed by atoms with E-state index in [0.29, 0.717) is 5.75 Å². The molecule has 1 aromatic heterocycles. The summed E-state index contributed by atoms with van der Waals surface area (Å²) in [7, 11) is 3.28. The fourth-order valence-electron chi connectivity index (χ4n) is 3.01. The van der Waals surface area contributed by atoms with Crippen molar-refractivity contribution >= 4 is 17.5 Å². The van der Waals surface area contributed by atoms with E-state index >= 15 is 0 Å². The highest BCUT2D eigenvalue weighted by atomic mass is 16.5. The zero-order valence-electron chi connectivity index (χ0n) is 15.4. The maximum Gasteiger partial charge on any atom is 0.227 e. The van der Waals surface area contributed by atoms with Crippen LogP contribution in [0.15, 0.2) is 24.3 Å². The molecule has 1 aliphatic rings. The second kappa shape index (κ2) is 7.59. The van der Waals surface area contributed by atoms with Crippen LogP contribution in [-0.2, 0) is 0 Å². The van der Waals surface area contributed by atoms with Crippen molar-refractivity contribution in [3.8, 4) is 11.5 Å². The van der Waals surface area contributed by atoms with Gasteiger partial charge < -0.3 is 19.7 Å². The van der Waals surface area contributed by atoms with Gasteiger partial charge in [-0.2, -0.15) is 4.98 Å². The maximum absolute atomic E-state index is 5.45. The lowest BCUT2D eigenvalue weighted by molar-refractivity contribution is 0.395. The monoisotopic (exact) mass is 342 g/mol. The topological polar surface area (TPSA) is 59.5 Å². The molecule has 2 heterocycles. The van der Waals surface area contributed by atoms with E-state index in [-0.39, 0.29) is 0 Å². The number of piperidine rings is 1. The summed E-state index contributed by atoms with van der Waals surface area (Å²) < 4.78 is 10.7. The van der Waals surface area contributed by atoms with E-state index < -0.39 is 0 Å². The van der Waals surface area contributed by atoms with Gasteiger partial charge in [0.15, 0.2) is 0 Å². The van der Waals surface area contributed by atoms with E-state index in [1.807, 2.05) is 31.2 Å². The SMILES string of the molecule is COc1ccc(Nc2cc(C)nc(N3CCC(C)CC3)n2)c(OC)c1. The van der Waals surface area contributed by atoms with Crippen molar-refractivity contribution in [3.05, 3.63) is 30.0 Å². The lowest BCUT2D eigenvalue weighted by Crippen LogP contribution is -2.34. The van der Waals surface area contributed by atoms with E-state index in [1.54, 1.807) is 14.2 Å². The van der Waals surface area contributed by atoms with E-state index in [9.17, 15) is 0 Å². The second-order valence-corrected chi connectivity index (χ2v) is 6.56. The Morgan fingerprint density at radius 3 is 2.52 bits per heavy atom. The van der Waals surface area contributed by atoms with Gasteiger partial charge in [-0.15, -0.1) is 0 Å². The molecule has 0 unspecified atom stereocenters. The Balaban J connectivity index is 1.83. The summed E-state index contributed by atoms with van der Waals surface area (Å²) in [6.07, 6.45) is 2.37. The number of nitrogens with one attached hydrogen (secondary N) is 1. The van der Waals surface area contributed by atoms with Crippen LogP contribution in [0.5, 0.6) is 11.5 Å². The van der Waals surface area contributed by atoms with Crippen molar-refractivity contribution in [1.29, 1.82) is 0 Å². The average molecular weight is 342 g/mol. The molecule has 0 aliphatic carbocycles. The second-order valence-electron chi connectivity index (χ2n) is 6.56. The summed E-state index contributed by atoms with van der Waals surface area (Å²) in [5.74, 6) is 3.81. The third kappa shape index (κ3) is 4.13. The highest BCUT2D eigenvalue weighted by molar-refractivity contribution is 5.66. The van der Waals surface area contributed by atoms with Crippen LogP contribution in [0.3, 0.4) is 0 Å². The molecule has 2 aromatic rings. The highest BCUT2D eigenvalue weighted by Crippen LogP contribution is 2.31. The lowest BCUT2D eigenvalue weighted by atomic mass is 10.00. The summed E-state index contributed by atoms with van der Waals surface area (Å²) in [6.45, 7) is 6.32. The number of anilines is 3. The minimum Gasteiger partial charge on any atom is -0.497 e. The number of hydrogen-bond acceptors (Lipinski definition) is 6. The molecular formula is C19H26N4O2. The number of ether oxygens (including phenoxy) is 2. The van der Waals surface area contributed by atoms with Gasteiger partial charge >= 0.3 is 0 Å². The Morgan fingerprint density at radius 1 is 1.08 bits per heavy atom. The smallest absolute Gasteiger partial charge is 0.227 e. The molecule has 0 spiro atoms. The van der Waals surface area contributed by atoms with Crippen LogP contribution in [0.4, 0.5) is 17.5 Å². The lowest BCUT2D eigenvalue weighted by Gasteiger charge is -2.30. The van der Waals surface area contributed by atoms with Gasteiger partial charge in [-0.05, 0) is 37.8 Å². The van der Waals surface area contributed by atoms with Crippen molar-refractivity contribution in [2.75, 3.05) is 37.5 Å². The quantitative estimate of drug-likeness (QED) is 0.892. The molecule has 134 valence electrons. The third-order valence-electron chi connectivity index (χ3n) is 4.58. The van der Waals surface area contributed by atoms with Crippen molar-refractivity contribution in [1.82, 2.24) is 9.97 Å². The van der Waals surface area contributed by atoms with Crippen LogP contribution in [0, 0.1) is 12.8 Å². The van der Waals surface area contributed by atoms with E-state index in [2.05, 4.69) is 22.1 Å². The van der Waals surface area contributed by atoms with Gasteiger partial charge in [0.2, 0.25) is 5.95 Å². The molecule has 0 saturated carbocycles. The Labute approximate surface area is 149 Å². The zero-order valence-corrected chi connectivity index (χ0v) is 15.4. The van der Waals surface area contributed by atoms with Crippen LogP contribution in [0.25, 0.3) is 0 Å². The van der Waals surface area contributed by atoms with Gasteiger partial charge in [0.05, 0.1) is 19.9 Å². The molecule has 1 fully saturated rings. The summed E-state index contributed by atoms with van der Waals surface area (Å²) in [4.78, 5) is 11.6. The van der Waals surface area contributed by atoms with Gasteiger partial charge in [-0.25, -0.2) is 4.98 Å². The van der Waals surface area contributed by atoms with E-state index in [4.69, 9.17) is 14.5 Å². The summed E-state index contributed by atoms with van der Waals surface area (Å²) in [5, 5.41) is 3.35. The number of aromatic nitrogens is 2. The largest absolute Gasteiger partial charge is 0.497 e. The molecule has 6 nitrogen and oxygen atoms in total. The van der Waals surface area contributed by atoms with Gasteiger partial charge in [0.25, 0.3) is 0 Å². The molecule has 3 rings (SSSR count). The van der Waals surface area contributed by atoms with Crippen molar-refractivity contribution in [3.63, 3.8) is 0 Å². The first-order valence-corrected chi connectivity index (χ1v) is 8.68. The molecular weight excluding hydrogens is 316 g/mol. The minimum absolute atomic E-state index is 0.712. The van der Waals surface area contributed by atoms with E-state index in [1.165, 1.54) is 12.8 Å². The normalized spacial score (nSPS) is 15.1. The maximum atomic E-state index is 5.45. The molecule has 6 heteroatoms. The molecule has 1 saturated heterocycles. The number of methoxy groups -OCH3 is 2. The highest BCUT2D eigenvalue weighted by Gasteiger charge is 2.19. The third-order valence-corrected chi connectivity index (χ3v) is 4.58. The molecule has 1 N–H and O–H groups in total. The fraction of sp³-hybridized carbons (Fsp3) is 0.474. The Morgan fingerprint density at radius 2 is 1.84 bits per heavy atom. The van der Waals surface area contributed by atoms with Crippen molar-refractivity contribution < 1.29 is 9.47 Å². The molecule has 1 aromatic carbocycles. The van der Waals surface area contributed by atoms with Gasteiger partial charge in [-0.1, -0.05) is 6.92 Å². The molecule has 0 bridgehead atoms. The molecule has 0 atom stereocenters. The summed E-state index contributed by atoms with van der Waals surface area (Å²) >= 11 is 0. The van der Waals surface area contributed by atoms with Crippen LogP contribution >= 0.6 is 0 Å². The van der Waals surface area contributed by atoms with Crippen molar-refractivity contribution in [2.24, 2.45) is 5.92 Å². The van der Waals surface area contributed by atoms with Crippen LogP contribution in [0.2, 0.25) is 0 Å². The van der Waals surface area contributed by atoms with Gasteiger partial charge in [0, 0.05) is 30.9 Å². The predicted octanol–water partition coefficient (Wildman–Crippen LogP) is 3.78. The van der Waals surface area contributed by atoms with Crippen molar-refractivity contribution in [2.45, 2.75) is 26.7 Å². The molecule has 0 amide bonds. The number of benzene rings is 1. The Kier molecular flexibility index (Phi) is 5.26. The average Bonchev–Trinajstić information content (AvgIpc) is 2.62. The number of nitrogens with zero attached hydrogens (tertiary/aromatic N) is 3. The molecule has 25 heavy (non-hydrogen) atoms. The molecule has 1 aliphatic heterocycles. The number of hydrogen-bond donors (Lipinski definition) is 1.